The number of hydrogen-bond donors (Lipinski definition) is 1. The van der Waals surface area contributed by atoms with E-state index in [1.54, 1.807) is 10.8 Å². The van der Waals surface area contributed by atoms with E-state index in [-0.39, 0.29) is 5.91 Å². The van der Waals surface area contributed by atoms with Gasteiger partial charge in [-0.25, -0.2) is 0 Å². The highest BCUT2D eigenvalue weighted by Gasteiger charge is 2.06. The summed E-state index contributed by atoms with van der Waals surface area (Å²) in [5, 5.41) is 7.10. The molecular formula is C17H21N3O2. The van der Waals surface area contributed by atoms with E-state index in [1.165, 1.54) is 6.08 Å². The highest BCUT2D eigenvalue weighted by molar-refractivity contribution is 5.91. The summed E-state index contributed by atoms with van der Waals surface area (Å²) in [5.74, 6) is 0.660. The molecule has 0 spiro atoms. The normalized spacial score (nSPS) is 10.9. The van der Waals surface area contributed by atoms with E-state index in [0.717, 1.165) is 22.7 Å². The molecule has 22 heavy (non-hydrogen) atoms. The number of para-hydroxylation sites is 1. The molecule has 0 radical (unpaired) electrons. The van der Waals surface area contributed by atoms with Crippen LogP contribution in [-0.2, 0) is 11.8 Å². The van der Waals surface area contributed by atoms with Crippen molar-refractivity contribution in [1.82, 2.24) is 15.1 Å². The molecule has 116 valence electrons. The van der Waals surface area contributed by atoms with Gasteiger partial charge in [-0.3, -0.25) is 9.48 Å². The number of amides is 1. The Hall–Kier alpha value is -2.56. The van der Waals surface area contributed by atoms with Gasteiger partial charge < -0.3 is 10.1 Å². The second-order valence-electron chi connectivity index (χ2n) is 4.99. The van der Waals surface area contributed by atoms with E-state index in [2.05, 4.69) is 10.4 Å². The van der Waals surface area contributed by atoms with Crippen molar-refractivity contribution in [3.05, 3.63) is 53.4 Å². The van der Waals surface area contributed by atoms with Crippen LogP contribution in [0, 0.1) is 13.8 Å². The fourth-order valence-electron chi connectivity index (χ4n) is 2.11. The van der Waals surface area contributed by atoms with E-state index < -0.39 is 0 Å². The summed E-state index contributed by atoms with van der Waals surface area (Å²) >= 11 is 0. The maximum atomic E-state index is 11.8. The topological polar surface area (TPSA) is 56.2 Å². The van der Waals surface area contributed by atoms with Crippen molar-refractivity contribution in [2.24, 2.45) is 7.05 Å². The minimum absolute atomic E-state index is 0.140. The van der Waals surface area contributed by atoms with Crippen LogP contribution in [0.2, 0.25) is 0 Å². The van der Waals surface area contributed by atoms with Crippen LogP contribution in [0.4, 0.5) is 0 Å². The molecule has 1 aromatic heterocycles. The lowest BCUT2D eigenvalue weighted by molar-refractivity contribution is -0.116. The van der Waals surface area contributed by atoms with Gasteiger partial charge in [0, 0.05) is 24.4 Å². The highest BCUT2D eigenvalue weighted by Crippen LogP contribution is 2.13. The minimum atomic E-state index is -0.140. The number of carbonyl (C=O) groups excluding carboxylic acids is 1. The Balaban J connectivity index is 1.77. The zero-order valence-corrected chi connectivity index (χ0v) is 13.2. The van der Waals surface area contributed by atoms with Crippen LogP contribution < -0.4 is 10.1 Å². The second-order valence-corrected chi connectivity index (χ2v) is 4.99. The van der Waals surface area contributed by atoms with Crippen molar-refractivity contribution in [2.75, 3.05) is 13.2 Å². The Kier molecular flexibility index (Phi) is 5.36. The number of aryl methyl sites for hydroxylation is 2. The fraction of sp³-hybridized carbons (Fsp3) is 0.294. The highest BCUT2D eigenvalue weighted by atomic mass is 16.5. The van der Waals surface area contributed by atoms with Gasteiger partial charge in [0.2, 0.25) is 5.91 Å². The number of aromatic nitrogens is 2. The number of hydrogen-bond acceptors (Lipinski definition) is 3. The number of ether oxygens (including phenoxy) is 1. The number of carbonyl (C=O) groups is 1. The van der Waals surface area contributed by atoms with Crippen LogP contribution in [0.25, 0.3) is 6.08 Å². The lowest BCUT2D eigenvalue weighted by Gasteiger charge is -2.06. The standard InChI is InChI=1S/C17H21N3O2/c1-13-16(14(2)20(3)19-13)9-10-17(21)18-11-12-22-15-7-5-4-6-8-15/h4-10H,11-12H2,1-3H3,(H,18,21)/b10-9-. The molecule has 0 fully saturated rings. The molecule has 0 aliphatic rings. The monoisotopic (exact) mass is 299 g/mol. The van der Waals surface area contributed by atoms with Crippen LogP contribution in [0.15, 0.2) is 36.4 Å². The summed E-state index contributed by atoms with van der Waals surface area (Å²) in [4.78, 5) is 11.8. The van der Waals surface area contributed by atoms with Crippen molar-refractivity contribution >= 4 is 12.0 Å². The summed E-state index contributed by atoms with van der Waals surface area (Å²) in [6.07, 6.45) is 3.32. The molecule has 2 aromatic rings. The van der Waals surface area contributed by atoms with Gasteiger partial charge in [-0.05, 0) is 32.1 Å². The van der Waals surface area contributed by atoms with Crippen molar-refractivity contribution < 1.29 is 9.53 Å². The molecule has 1 aromatic carbocycles. The van der Waals surface area contributed by atoms with Crippen molar-refractivity contribution in [3.8, 4) is 5.75 Å². The molecule has 0 saturated carbocycles. The Morgan fingerprint density at radius 3 is 2.68 bits per heavy atom. The van der Waals surface area contributed by atoms with E-state index in [0.29, 0.717) is 13.2 Å². The first-order valence-electron chi connectivity index (χ1n) is 7.22. The number of nitrogens with one attached hydrogen (secondary N) is 1. The van der Waals surface area contributed by atoms with E-state index >= 15 is 0 Å². The molecule has 0 aliphatic carbocycles. The molecule has 1 heterocycles. The lowest BCUT2D eigenvalue weighted by atomic mass is 10.2. The average molecular weight is 299 g/mol. The zero-order valence-electron chi connectivity index (χ0n) is 13.2. The van der Waals surface area contributed by atoms with Crippen LogP contribution in [0.1, 0.15) is 17.0 Å². The molecule has 2 rings (SSSR count). The predicted molar refractivity (Wildman–Crippen MR) is 86.7 cm³/mol. The van der Waals surface area contributed by atoms with Gasteiger partial charge in [0.25, 0.3) is 0 Å². The minimum Gasteiger partial charge on any atom is -0.492 e. The Bertz CT molecular complexity index is 660. The second kappa shape index (κ2) is 7.45. The zero-order chi connectivity index (χ0) is 15.9. The van der Waals surface area contributed by atoms with Gasteiger partial charge in [0.05, 0.1) is 12.2 Å². The Morgan fingerprint density at radius 1 is 1.32 bits per heavy atom. The third kappa shape index (κ3) is 4.22. The van der Waals surface area contributed by atoms with Crippen molar-refractivity contribution in [2.45, 2.75) is 13.8 Å². The van der Waals surface area contributed by atoms with Crippen molar-refractivity contribution in [1.29, 1.82) is 0 Å². The molecule has 0 bridgehead atoms. The van der Waals surface area contributed by atoms with Crippen molar-refractivity contribution in [3.63, 3.8) is 0 Å². The van der Waals surface area contributed by atoms with Crippen LogP contribution in [-0.4, -0.2) is 28.8 Å². The maximum absolute atomic E-state index is 11.8. The van der Waals surface area contributed by atoms with Crippen LogP contribution in [0.3, 0.4) is 0 Å². The molecule has 1 amide bonds. The van der Waals surface area contributed by atoms with Gasteiger partial charge in [-0.2, -0.15) is 5.10 Å². The summed E-state index contributed by atoms with van der Waals surface area (Å²) in [7, 11) is 1.89. The summed E-state index contributed by atoms with van der Waals surface area (Å²) < 4.78 is 7.31. The number of benzene rings is 1. The maximum Gasteiger partial charge on any atom is 0.244 e. The largest absolute Gasteiger partial charge is 0.492 e. The SMILES string of the molecule is Cc1nn(C)c(C)c1/C=C\C(=O)NCCOc1ccccc1. The molecule has 1 N–H and O–H groups in total. The summed E-state index contributed by atoms with van der Waals surface area (Å²) in [6, 6.07) is 9.53. The molecule has 0 atom stereocenters. The van der Waals surface area contributed by atoms with E-state index in [4.69, 9.17) is 4.74 Å². The predicted octanol–water partition coefficient (Wildman–Crippen LogP) is 2.25. The molecule has 0 saturated heterocycles. The van der Waals surface area contributed by atoms with Crippen LogP contribution in [0.5, 0.6) is 5.75 Å². The van der Waals surface area contributed by atoms with Crippen LogP contribution >= 0.6 is 0 Å². The van der Waals surface area contributed by atoms with Gasteiger partial charge in [-0.1, -0.05) is 18.2 Å². The van der Waals surface area contributed by atoms with Gasteiger partial charge >= 0.3 is 0 Å². The molecule has 5 nitrogen and oxygen atoms in total. The first-order chi connectivity index (χ1) is 10.6. The van der Waals surface area contributed by atoms with Gasteiger partial charge in [-0.15, -0.1) is 0 Å². The van der Waals surface area contributed by atoms with E-state index in [9.17, 15) is 4.79 Å². The quantitative estimate of drug-likeness (QED) is 0.657. The fourth-order valence-corrected chi connectivity index (χ4v) is 2.11. The van der Waals surface area contributed by atoms with Gasteiger partial charge in [0.15, 0.2) is 0 Å². The van der Waals surface area contributed by atoms with E-state index in [1.807, 2.05) is 51.2 Å². The smallest absolute Gasteiger partial charge is 0.244 e. The number of rotatable bonds is 6. The molecular weight excluding hydrogens is 278 g/mol. The summed E-state index contributed by atoms with van der Waals surface area (Å²) in [6.45, 7) is 4.81. The molecule has 0 aliphatic heterocycles. The first kappa shape index (κ1) is 15.8. The first-order valence-corrected chi connectivity index (χ1v) is 7.22. The third-order valence-electron chi connectivity index (χ3n) is 3.38. The molecule has 5 heteroatoms. The average Bonchev–Trinajstić information content (AvgIpc) is 2.76. The Morgan fingerprint density at radius 2 is 2.05 bits per heavy atom. The molecule has 0 unspecified atom stereocenters. The summed E-state index contributed by atoms with van der Waals surface area (Å²) in [5.41, 5.74) is 2.93. The lowest BCUT2D eigenvalue weighted by Crippen LogP contribution is -2.26. The van der Waals surface area contributed by atoms with Gasteiger partial charge in [0.1, 0.15) is 12.4 Å². The Labute approximate surface area is 130 Å². The third-order valence-corrected chi connectivity index (χ3v) is 3.38. The number of nitrogens with zero attached hydrogens (tertiary/aromatic N) is 2.